The van der Waals surface area contributed by atoms with Crippen LogP contribution in [0.2, 0.25) is 5.02 Å². The van der Waals surface area contributed by atoms with E-state index in [0.717, 1.165) is 35.0 Å². The van der Waals surface area contributed by atoms with Crippen LogP contribution in [-0.4, -0.2) is 47.2 Å². The molecule has 1 saturated heterocycles. The first-order valence-electron chi connectivity index (χ1n) is 8.84. The van der Waals surface area contributed by atoms with Crippen LogP contribution >= 0.6 is 22.9 Å². The maximum atomic E-state index is 12.4. The molecular formula is C20H19ClN4OS. The molecule has 5 nitrogen and oxygen atoms in total. The molecule has 2 aromatic heterocycles. The van der Waals surface area contributed by atoms with Crippen LogP contribution in [0.5, 0.6) is 0 Å². The van der Waals surface area contributed by atoms with Crippen LogP contribution in [0.4, 0.5) is 5.82 Å². The molecule has 1 aliphatic rings. The topological polar surface area (TPSA) is 49.3 Å². The van der Waals surface area contributed by atoms with Crippen molar-refractivity contribution in [3.8, 4) is 11.3 Å². The maximum Gasteiger partial charge on any atom is 0.227 e. The fraction of sp³-hybridized carbons (Fsp3) is 0.250. The van der Waals surface area contributed by atoms with Crippen LogP contribution in [0.1, 0.15) is 4.88 Å². The monoisotopic (exact) mass is 398 g/mol. The van der Waals surface area contributed by atoms with Gasteiger partial charge in [0.05, 0.1) is 17.1 Å². The molecular weight excluding hydrogens is 380 g/mol. The van der Waals surface area contributed by atoms with Gasteiger partial charge in [-0.05, 0) is 29.6 Å². The molecule has 0 N–H and O–H groups in total. The summed E-state index contributed by atoms with van der Waals surface area (Å²) in [6.45, 7) is 2.93. The summed E-state index contributed by atoms with van der Waals surface area (Å²) in [7, 11) is 0. The minimum absolute atomic E-state index is 0.192. The van der Waals surface area contributed by atoms with E-state index in [1.807, 2.05) is 58.8 Å². The normalized spacial score (nSPS) is 14.4. The highest BCUT2D eigenvalue weighted by molar-refractivity contribution is 7.10. The number of hydrogen-bond donors (Lipinski definition) is 0. The van der Waals surface area contributed by atoms with Crippen LogP contribution in [-0.2, 0) is 11.2 Å². The second kappa shape index (κ2) is 8.06. The van der Waals surface area contributed by atoms with E-state index in [1.54, 1.807) is 11.3 Å². The quantitative estimate of drug-likeness (QED) is 0.671. The van der Waals surface area contributed by atoms with Gasteiger partial charge in [0.25, 0.3) is 0 Å². The van der Waals surface area contributed by atoms with Crippen molar-refractivity contribution < 1.29 is 4.79 Å². The molecule has 1 amide bonds. The van der Waals surface area contributed by atoms with Crippen LogP contribution in [0.15, 0.2) is 53.9 Å². The van der Waals surface area contributed by atoms with Crippen molar-refractivity contribution in [2.75, 3.05) is 31.1 Å². The molecule has 1 aliphatic heterocycles. The fourth-order valence-corrected chi connectivity index (χ4v) is 4.09. The number of benzene rings is 1. The van der Waals surface area contributed by atoms with E-state index in [1.165, 1.54) is 0 Å². The minimum Gasteiger partial charge on any atom is -0.352 e. The second-order valence-electron chi connectivity index (χ2n) is 6.38. The van der Waals surface area contributed by atoms with Gasteiger partial charge in [0, 0.05) is 36.6 Å². The Kier molecular flexibility index (Phi) is 5.36. The van der Waals surface area contributed by atoms with Gasteiger partial charge in [0.15, 0.2) is 5.82 Å². The third-order valence-corrected chi connectivity index (χ3v) is 5.87. The molecule has 0 spiro atoms. The predicted octanol–water partition coefficient (Wildman–Crippen LogP) is 3.75. The Bertz CT molecular complexity index is 906. The van der Waals surface area contributed by atoms with E-state index in [2.05, 4.69) is 15.1 Å². The molecule has 7 heteroatoms. The number of halogens is 1. The van der Waals surface area contributed by atoms with Crippen LogP contribution in [0.3, 0.4) is 0 Å². The molecule has 0 radical (unpaired) electrons. The van der Waals surface area contributed by atoms with E-state index in [-0.39, 0.29) is 5.91 Å². The van der Waals surface area contributed by atoms with E-state index in [4.69, 9.17) is 11.6 Å². The Morgan fingerprint density at radius 3 is 2.48 bits per heavy atom. The summed E-state index contributed by atoms with van der Waals surface area (Å²) in [5, 5.41) is 11.4. The van der Waals surface area contributed by atoms with Crippen molar-refractivity contribution in [3.05, 3.63) is 63.8 Å². The Hall–Kier alpha value is -2.44. The zero-order valence-corrected chi connectivity index (χ0v) is 16.3. The Morgan fingerprint density at radius 1 is 1.00 bits per heavy atom. The summed E-state index contributed by atoms with van der Waals surface area (Å²) in [5.41, 5.74) is 1.64. The number of nitrogens with zero attached hydrogens (tertiary/aromatic N) is 4. The average molecular weight is 399 g/mol. The van der Waals surface area contributed by atoms with Gasteiger partial charge in [-0.2, -0.15) is 0 Å². The number of amides is 1. The fourth-order valence-electron chi connectivity index (χ4n) is 3.17. The number of piperazine rings is 1. The molecule has 0 saturated carbocycles. The summed E-state index contributed by atoms with van der Waals surface area (Å²) in [6.07, 6.45) is 0.490. The lowest BCUT2D eigenvalue weighted by Crippen LogP contribution is -2.49. The molecule has 3 heterocycles. The van der Waals surface area contributed by atoms with Crippen LogP contribution < -0.4 is 4.90 Å². The summed E-state index contributed by atoms with van der Waals surface area (Å²) < 4.78 is 0. The lowest BCUT2D eigenvalue weighted by atomic mass is 10.1. The number of rotatable bonds is 4. The third kappa shape index (κ3) is 4.12. The highest BCUT2D eigenvalue weighted by Gasteiger charge is 2.22. The summed E-state index contributed by atoms with van der Waals surface area (Å²) in [6, 6.07) is 15.5. The molecule has 1 fully saturated rings. The standard InChI is InChI=1S/C20H19ClN4OS/c21-17-6-2-1-5-16(17)18-7-8-19(23-22-18)24-9-11-25(12-10-24)20(26)14-15-4-3-13-27-15/h1-8,13H,9-12,14H2. The molecule has 1 aromatic carbocycles. The van der Waals surface area contributed by atoms with Crippen molar-refractivity contribution in [2.24, 2.45) is 0 Å². The van der Waals surface area contributed by atoms with Crippen molar-refractivity contribution in [1.29, 1.82) is 0 Å². The molecule has 4 rings (SSSR count). The Balaban J connectivity index is 1.37. The van der Waals surface area contributed by atoms with Gasteiger partial charge < -0.3 is 9.80 Å². The Morgan fingerprint density at radius 2 is 1.81 bits per heavy atom. The van der Waals surface area contributed by atoms with E-state index in [0.29, 0.717) is 24.5 Å². The summed E-state index contributed by atoms with van der Waals surface area (Å²) in [5.74, 6) is 1.02. The molecule has 0 bridgehead atoms. The number of carbonyl (C=O) groups is 1. The first kappa shape index (κ1) is 17.9. The minimum atomic E-state index is 0.192. The lowest BCUT2D eigenvalue weighted by molar-refractivity contribution is -0.130. The number of carbonyl (C=O) groups excluding carboxylic acids is 1. The average Bonchev–Trinajstić information content (AvgIpc) is 3.22. The van der Waals surface area contributed by atoms with Gasteiger partial charge in [0.1, 0.15) is 0 Å². The van der Waals surface area contributed by atoms with Gasteiger partial charge in [-0.25, -0.2) is 0 Å². The summed E-state index contributed by atoms with van der Waals surface area (Å²) >= 11 is 7.86. The van der Waals surface area contributed by atoms with Crippen molar-refractivity contribution in [1.82, 2.24) is 15.1 Å². The molecule has 0 unspecified atom stereocenters. The highest BCUT2D eigenvalue weighted by Crippen LogP contribution is 2.26. The van der Waals surface area contributed by atoms with Crippen LogP contribution in [0, 0.1) is 0 Å². The first-order chi connectivity index (χ1) is 13.2. The van der Waals surface area contributed by atoms with E-state index >= 15 is 0 Å². The number of aromatic nitrogens is 2. The van der Waals surface area contributed by atoms with E-state index in [9.17, 15) is 4.79 Å². The largest absolute Gasteiger partial charge is 0.352 e. The zero-order valence-electron chi connectivity index (χ0n) is 14.7. The van der Waals surface area contributed by atoms with E-state index < -0.39 is 0 Å². The van der Waals surface area contributed by atoms with Gasteiger partial charge in [0.2, 0.25) is 5.91 Å². The van der Waals surface area contributed by atoms with Crippen LogP contribution in [0.25, 0.3) is 11.3 Å². The van der Waals surface area contributed by atoms with Gasteiger partial charge >= 0.3 is 0 Å². The maximum absolute atomic E-state index is 12.4. The molecule has 3 aromatic rings. The van der Waals surface area contributed by atoms with Crippen molar-refractivity contribution in [2.45, 2.75) is 6.42 Å². The smallest absolute Gasteiger partial charge is 0.227 e. The molecule has 0 atom stereocenters. The molecule has 27 heavy (non-hydrogen) atoms. The second-order valence-corrected chi connectivity index (χ2v) is 7.82. The zero-order chi connectivity index (χ0) is 18.6. The Labute approximate surface area is 167 Å². The van der Waals surface area contributed by atoms with Crippen molar-refractivity contribution in [3.63, 3.8) is 0 Å². The van der Waals surface area contributed by atoms with Crippen molar-refractivity contribution >= 4 is 34.7 Å². The SMILES string of the molecule is O=C(Cc1cccs1)N1CCN(c2ccc(-c3ccccc3Cl)nn2)CC1. The highest BCUT2D eigenvalue weighted by atomic mass is 35.5. The number of hydrogen-bond acceptors (Lipinski definition) is 5. The predicted molar refractivity (Wildman–Crippen MR) is 109 cm³/mol. The lowest BCUT2D eigenvalue weighted by Gasteiger charge is -2.35. The van der Waals surface area contributed by atoms with Gasteiger partial charge in [-0.3, -0.25) is 4.79 Å². The first-order valence-corrected chi connectivity index (χ1v) is 10.1. The third-order valence-electron chi connectivity index (χ3n) is 4.66. The van der Waals surface area contributed by atoms with Gasteiger partial charge in [-0.15, -0.1) is 21.5 Å². The number of anilines is 1. The molecule has 138 valence electrons. The summed E-state index contributed by atoms with van der Waals surface area (Å²) in [4.78, 5) is 17.6. The van der Waals surface area contributed by atoms with Gasteiger partial charge in [-0.1, -0.05) is 35.9 Å². The molecule has 0 aliphatic carbocycles. The number of thiophene rings is 1.